The minimum Gasteiger partial charge on any atom is -0.481 e. The Kier molecular flexibility index (Phi) is 4.75. The lowest BCUT2D eigenvalue weighted by molar-refractivity contribution is -0.141. The number of thiazole rings is 1. The van der Waals surface area contributed by atoms with Crippen LogP contribution in [0.25, 0.3) is 0 Å². The van der Waals surface area contributed by atoms with Gasteiger partial charge in [-0.15, -0.1) is 11.3 Å². The van der Waals surface area contributed by atoms with Crippen molar-refractivity contribution >= 4 is 17.3 Å². The average Bonchev–Trinajstić information content (AvgIpc) is 2.62. The van der Waals surface area contributed by atoms with Crippen molar-refractivity contribution in [2.75, 3.05) is 0 Å². The minimum absolute atomic E-state index is 0.286. The van der Waals surface area contributed by atoms with Gasteiger partial charge in [-0.25, -0.2) is 4.98 Å². The van der Waals surface area contributed by atoms with Gasteiger partial charge in [0.1, 0.15) is 0 Å². The number of hydrogen-bond donors (Lipinski definition) is 1. The molecule has 1 aromatic rings. The number of carboxylic acid groups (broad SMARTS) is 1. The summed E-state index contributed by atoms with van der Waals surface area (Å²) in [5.74, 6) is -1.00. The first-order valence-corrected chi connectivity index (χ1v) is 6.21. The van der Waals surface area contributed by atoms with E-state index in [0.717, 1.165) is 23.5 Å². The lowest BCUT2D eigenvalue weighted by Crippen LogP contribution is -2.15. The molecule has 0 amide bonds. The van der Waals surface area contributed by atoms with E-state index in [0.29, 0.717) is 12.8 Å². The standard InChI is InChI=1S/C11H17NO2S/c1-3-5-9-7-15-10(12-9)6-8(4-2)11(13)14/h7-8H,3-6H2,1-2H3,(H,13,14). The van der Waals surface area contributed by atoms with Gasteiger partial charge in [-0.2, -0.15) is 0 Å². The van der Waals surface area contributed by atoms with E-state index in [1.807, 2.05) is 12.3 Å². The number of aryl methyl sites for hydroxylation is 1. The Hall–Kier alpha value is -0.900. The highest BCUT2D eigenvalue weighted by atomic mass is 32.1. The van der Waals surface area contributed by atoms with E-state index in [9.17, 15) is 4.79 Å². The van der Waals surface area contributed by atoms with Gasteiger partial charge in [-0.3, -0.25) is 4.79 Å². The lowest BCUT2D eigenvalue weighted by atomic mass is 10.0. The van der Waals surface area contributed by atoms with Gasteiger partial charge in [0, 0.05) is 11.8 Å². The van der Waals surface area contributed by atoms with E-state index < -0.39 is 5.97 Å². The maximum Gasteiger partial charge on any atom is 0.306 e. The van der Waals surface area contributed by atoms with Gasteiger partial charge in [0.2, 0.25) is 0 Å². The second kappa shape index (κ2) is 5.85. The van der Waals surface area contributed by atoms with Crippen molar-refractivity contribution in [2.45, 2.75) is 39.5 Å². The van der Waals surface area contributed by atoms with Crippen LogP contribution in [0.1, 0.15) is 37.4 Å². The predicted octanol–water partition coefficient (Wildman–Crippen LogP) is 2.75. The van der Waals surface area contributed by atoms with Crippen molar-refractivity contribution in [1.29, 1.82) is 0 Å². The van der Waals surface area contributed by atoms with Crippen molar-refractivity contribution in [1.82, 2.24) is 4.98 Å². The lowest BCUT2D eigenvalue weighted by Gasteiger charge is -2.06. The zero-order chi connectivity index (χ0) is 11.3. The second-order valence-electron chi connectivity index (χ2n) is 3.63. The Bertz CT molecular complexity index is 322. The maximum absolute atomic E-state index is 10.8. The molecule has 0 aliphatic rings. The fourth-order valence-electron chi connectivity index (χ4n) is 1.43. The van der Waals surface area contributed by atoms with Crippen LogP contribution in [0.15, 0.2) is 5.38 Å². The van der Waals surface area contributed by atoms with Crippen molar-refractivity contribution in [3.8, 4) is 0 Å². The number of carbonyl (C=O) groups is 1. The number of hydrogen-bond acceptors (Lipinski definition) is 3. The van der Waals surface area contributed by atoms with Crippen LogP contribution in [0.3, 0.4) is 0 Å². The second-order valence-corrected chi connectivity index (χ2v) is 4.57. The van der Waals surface area contributed by atoms with E-state index in [1.165, 1.54) is 0 Å². The highest BCUT2D eigenvalue weighted by molar-refractivity contribution is 7.09. The molecule has 0 aromatic carbocycles. The molecule has 1 unspecified atom stereocenters. The molecule has 3 nitrogen and oxygen atoms in total. The summed E-state index contributed by atoms with van der Waals surface area (Å²) < 4.78 is 0. The van der Waals surface area contributed by atoms with Gasteiger partial charge < -0.3 is 5.11 Å². The van der Waals surface area contributed by atoms with E-state index in [-0.39, 0.29) is 5.92 Å². The van der Waals surface area contributed by atoms with Crippen LogP contribution in [0, 0.1) is 5.92 Å². The fourth-order valence-corrected chi connectivity index (χ4v) is 2.34. The zero-order valence-corrected chi connectivity index (χ0v) is 10.0. The largest absolute Gasteiger partial charge is 0.481 e. The molecule has 15 heavy (non-hydrogen) atoms. The molecule has 1 N–H and O–H groups in total. The van der Waals surface area contributed by atoms with E-state index >= 15 is 0 Å². The topological polar surface area (TPSA) is 50.2 Å². The van der Waals surface area contributed by atoms with E-state index in [2.05, 4.69) is 11.9 Å². The van der Waals surface area contributed by atoms with Crippen molar-refractivity contribution in [3.05, 3.63) is 16.1 Å². The molecule has 0 saturated carbocycles. The predicted molar refractivity (Wildman–Crippen MR) is 61.2 cm³/mol. The van der Waals surface area contributed by atoms with Gasteiger partial charge in [0.05, 0.1) is 16.6 Å². The summed E-state index contributed by atoms with van der Waals surface area (Å²) in [4.78, 5) is 15.3. The van der Waals surface area contributed by atoms with Crippen LogP contribution in [0.2, 0.25) is 0 Å². The Morgan fingerprint density at radius 3 is 2.87 bits per heavy atom. The summed E-state index contributed by atoms with van der Waals surface area (Å²) in [5.41, 5.74) is 1.10. The van der Waals surface area contributed by atoms with Gasteiger partial charge in [0.25, 0.3) is 0 Å². The summed E-state index contributed by atoms with van der Waals surface area (Å²) in [6, 6.07) is 0. The fraction of sp³-hybridized carbons (Fsp3) is 0.636. The summed E-state index contributed by atoms with van der Waals surface area (Å²) in [6.45, 7) is 4.02. The number of aromatic nitrogens is 1. The first-order chi connectivity index (χ1) is 7.17. The van der Waals surface area contributed by atoms with Crippen LogP contribution >= 0.6 is 11.3 Å². The van der Waals surface area contributed by atoms with Crippen LogP contribution in [-0.4, -0.2) is 16.1 Å². The van der Waals surface area contributed by atoms with Crippen LogP contribution < -0.4 is 0 Å². The van der Waals surface area contributed by atoms with E-state index in [4.69, 9.17) is 5.11 Å². The Labute approximate surface area is 94.2 Å². The first-order valence-electron chi connectivity index (χ1n) is 5.33. The van der Waals surface area contributed by atoms with Crippen molar-refractivity contribution in [2.24, 2.45) is 5.92 Å². The third kappa shape index (κ3) is 3.63. The molecule has 0 spiro atoms. The Morgan fingerprint density at radius 1 is 1.60 bits per heavy atom. The van der Waals surface area contributed by atoms with Crippen LogP contribution in [0.5, 0.6) is 0 Å². The summed E-state index contributed by atoms with van der Waals surface area (Å²) >= 11 is 1.58. The molecule has 1 atom stereocenters. The highest BCUT2D eigenvalue weighted by Gasteiger charge is 2.17. The van der Waals surface area contributed by atoms with Crippen LogP contribution in [0.4, 0.5) is 0 Å². The average molecular weight is 227 g/mol. The van der Waals surface area contributed by atoms with E-state index in [1.54, 1.807) is 11.3 Å². The Balaban J connectivity index is 2.59. The third-order valence-electron chi connectivity index (χ3n) is 2.37. The van der Waals surface area contributed by atoms with Gasteiger partial charge >= 0.3 is 5.97 Å². The van der Waals surface area contributed by atoms with Crippen molar-refractivity contribution < 1.29 is 9.90 Å². The first kappa shape index (κ1) is 12.2. The number of rotatable bonds is 6. The summed E-state index contributed by atoms with van der Waals surface area (Å²) in [5, 5.41) is 11.9. The molecule has 4 heteroatoms. The van der Waals surface area contributed by atoms with Gasteiger partial charge in [-0.05, 0) is 12.8 Å². The molecule has 1 rings (SSSR count). The number of aliphatic carboxylic acids is 1. The minimum atomic E-state index is -0.718. The Morgan fingerprint density at radius 2 is 2.33 bits per heavy atom. The smallest absolute Gasteiger partial charge is 0.306 e. The molecule has 0 aliphatic carbocycles. The van der Waals surface area contributed by atoms with Gasteiger partial charge in [-0.1, -0.05) is 20.3 Å². The molecule has 0 aliphatic heterocycles. The zero-order valence-electron chi connectivity index (χ0n) is 9.19. The molecular formula is C11H17NO2S. The molecule has 0 fully saturated rings. The number of carboxylic acids is 1. The molecule has 1 aromatic heterocycles. The molecule has 0 saturated heterocycles. The normalized spacial score (nSPS) is 12.7. The number of nitrogens with zero attached hydrogens (tertiary/aromatic N) is 1. The third-order valence-corrected chi connectivity index (χ3v) is 3.29. The molecule has 1 heterocycles. The monoisotopic (exact) mass is 227 g/mol. The van der Waals surface area contributed by atoms with Crippen LogP contribution in [-0.2, 0) is 17.6 Å². The SMILES string of the molecule is CCCc1csc(CC(CC)C(=O)O)n1. The molecule has 0 radical (unpaired) electrons. The molecular weight excluding hydrogens is 210 g/mol. The molecule has 0 bridgehead atoms. The summed E-state index contributed by atoms with van der Waals surface area (Å²) in [6.07, 6.45) is 3.30. The molecule has 84 valence electrons. The van der Waals surface area contributed by atoms with Crippen molar-refractivity contribution in [3.63, 3.8) is 0 Å². The highest BCUT2D eigenvalue weighted by Crippen LogP contribution is 2.17. The maximum atomic E-state index is 10.8. The summed E-state index contributed by atoms with van der Waals surface area (Å²) in [7, 11) is 0. The quantitative estimate of drug-likeness (QED) is 0.813. The van der Waals surface area contributed by atoms with Gasteiger partial charge in [0.15, 0.2) is 0 Å².